The summed E-state index contributed by atoms with van der Waals surface area (Å²) in [5.74, 6) is -0.169. The zero-order valence-electron chi connectivity index (χ0n) is 21.5. The minimum Gasteiger partial charge on any atom is -0.338 e. The standard InChI is InChI=1S/C28H33F2N7/c1-3-35-9-11-36(12-10-35)16-20-5-6-25(31-15-20)37-17-24(30)27(32-18-37)34-21-13-22-26(23(29)14-21)33-19(2)28(22)7-4-8-28/h5-6,13-15,17H,3-4,7-12,16,18H2,1-2H3,(H,32,34). The van der Waals surface area contributed by atoms with Crippen molar-refractivity contribution in [2.75, 3.05) is 49.6 Å². The van der Waals surface area contributed by atoms with Crippen LogP contribution in [0, 0.1) is 5.82 Å². The fraction of sp³-hybridized carbons (Fsp3) is 0.464. The van der Waals surface area contributed by atoms with Crippen molar-refractivity contribution < 1.29 is 8.78 Å². The predicted molar refractivity (Wildman–Crippen MR) is 144 cm³/mol. The summed E-state index contributed by atoms with van der Waals surface area (Å²) < 4.78 is 29.9. The fourth-order valence-electron chi connectivity index (χ4n) is 5.82. The van der Waals surface area contributed by atoms with E-state index >= 15 is 4.39 Å². The van der Waals surface area contributed by atoms with Crippen LogP contribution in [0.1, 0.15) is 44.2 Å². The largest absolute Gasteiger partial charge is 0.338 e. The third-order valence-electron chi connectivity index (χ3n) is 8.32. The lowest BCUT2D eigenvalue weighted by Gasteiger charge is -2.39. The van der Waals surface area contributed by atoms with Crippen LogP contribution in [0.15, 0.2) is 52.5 Å². The molecule has 194 valence electrons. The fourth-order valence-corrected chi connectivity index (χ4v) is 5.82. The molecule has 1 saturated carbocycles. The second-order valence-electron chi connectivity index (χ2n) is 10.4. The van der Waals surface area contributed by atoms with Gasteiger partial charge >= 0.3 is 0 Å². The van der Waals surface area contributed by atoms with Gasteiger partial charge in [0.05, 0.1) is 0 Å². The van der Waals surface area contributed by atoms with Gasteiger partial charge in [-0.2, -0.15) is 0 Å². The molecule has 3 aliphatic heterocycles. The molecule has 0 unspecified atom stereocenters. The number of halogens is 2. The van der Waals surface area contributed by atoms with Crippen molar-refractivity contribution in [2.45, 2.75) is 45.1 Å². The van der Waals surface area contributed by atoms with Gasteiger partial charge in [-0.25, -0.2) is 18.8 Å². The molecule has 1 aliphatic carbocycles. The molecule has 0 bridgehead atoms. The summed E-state index contributed by atoms with van der Waals surface area (Å²) in [6.07, 6.45) is 6.31. The Balaban J connectivity index is 1.10. The monoisotopic (exact) mass is 505 g/mol. The first-order chi connectivity index (χ1) is 17.9. The zero-order chi connectivity index (χ0) is 25.6. The molecule has 0 radical (unpaired) electrons. The molecular formula is C28H33F2N7. The summed E-state index contributed by atoms with van der Waals surface area (Å²) in [4.78, 5) is 20.0. The Morgan fingerprint density at radius 3 is 2.49 bits per heavy atom. The molecule has 37 heavy (non-hydrogen) atoms. The topological polar surface area (TPSA) is 59.4 Å². The Hall–Kier alpha value is -3.17. The number of aliphatic imine (C=N–C) groups is 2. The summed E-state index contributed by atoms with van der Waals surface area (Å²) in [7, 11) is 0. The van der Waals surface area contributed by atoms with Crippen molar-refractivity contribution in [2.24, 2.45) is 9.98 Å². The van der Waals surface area contributed by atoms with Crippen LogP contribution in [0.3, 0.4) is 0 Å². The van der Waals surface area contributed by atoms with Gasteiger partial charge in [-0.1, -0.05) is 19.4 Å². The van der Waals surface area contributed by atoms with Crippen molar-refractivity contribution in [3.05, 3.63) is 59.4 Å². The van der Waals surface area contributed by atoms with Gasteiger partial charge in [0, 0.05) is 61.9 Å². The van der Waals surface area contributed by atoms with Crippen LogP contribution in [0.25, 0.3) is 0 Å². The van der Waals surface area contributed by atoms with Crippen LogP contribution >= 0.6 is 0 Å². The minimum atomic E-state index is -0.516. The molecule has 0 atom stereocenters. The molecule has 1 saturated heterocycles. The molecule has 0 amide bonds. The SMILES string of the molecule is CCN1CCN(Cc2ccc(N3C=C(F)C(Nc4cc(F)c5c(c4)C4(CCC4)C(C)=N5)=NC3)nc2)CC1. The van der Waals surface area contributed by atoms with Gasteiger partial charge in [0.25, 0.3) is 0 Å². The van der Waals surface area contributed by atoms with Crippen LogP contribution < -0.4 is 10.2 Å². The molecule has 1 aromatic carbocycles. The number of hydrogen-bond donors (Lipinski definition) is 1. The van der Waals surface area contributed by atoms with Gasteiger partial charge in [-0.05, 0) is 55.6 Å². The second-order valence-corrected chi connectivity index (χ2v) is 10.4. The summed E-state index contributed by atoms with van der Waals surface area (Å²) in [6.45, 7) is 10.7. The Labute approximate surface area is 216 Å². The molecule has 6 rings (SSSR count). The third kappa shape index (κ3) is 4.44. The number of nitrogens with zero attached hydrogens (tertiary/aromatic N) is 6. The number of anilines is 2. The van der Waals surface area contributed by atoms with Crippen LogP contribution in [0.2, 0.25) is 0 Å². The highest BCUT2D eigenvalue weighted by Crippen LogP contribution is 2.53. The van der Waals surface area contributed by atoms with E-state index in [-0.39, 0.29) is 23.7 Å². The highest BCUT2D eigenvalue weighted by Gasteiger charge is 2.47. The average molecular weight is 506 g/mol. The van der Waals surface area contributed by atoms with E-state index in [2.05, 4.69) is 37.0 Å². The summed E-state index contributed by atoms with van der Waals surface area (Å²) >= 11 is 0. The Bertz CT molecular complexity index is 1270. The number of pyridine rings is 1. The molecular weight excluding hydrogens is 472 g/mol. The molecule has 1 spiro atoms. The van der Waals surface area contributed by atoms with E-state index in [1.54, 1.807) is 4.90 Å². The number of fused-ring (bicyclic) bond motifs is 2. The Morgan fingerprint density at radius 1 is 1.05 bits per heavy atom. The van der Waals surface area contributed by atoms with Crippen molar-refractivity contribution >= 4 is 28.7 Å². The maximum Gasteiger partial charge on any atom is 0.181 e. The number of likely N-dealkylation sites (N-methyl/N-ethyl adjacent to an activating group) is 1. The Morgan fingerprint density at radius 2 is 1.84 bits per heavy atom. The number of hydrogen-bond acceptors (Lipinski definition) is 7. The van der Waals surface area contributed by atoms with Crippen molar-refractivity contribution in [1.29, 1.82) is 0 Å². The quantitative estimate of drug-likeness (QED) is 0.621. The van der Waals surface area contributed by atoms with Gasteiger partial charge in [0.15, 0.2) is 17.5 Å². The van der Waals surface area contributed by atoms with Crippen LogP contribution in [-0.2, 0) is 12.0 Å². The van der Waals surface area contributed by atoms with Crippen LogP contribution in [-0.4, -0.2) is 65.7 Å². The number of piperazine rings is 1. The summed E-state index contributed by atoms with van der Waals surface area (Å²) in [5.41, 5.74) is 3.77. The molecule has 4 aliphatic rings. The van der Waals surface area contributed by atoms with E-state index in [9.17, 15) is 4.39 Å². The summed E-state index contributed by atoms with van der Waals surface area (Å²) in [5, 5.41) is 3.00. The maximum atomic E-state index is 15.1. The highest BCUT2D eigenvalue weighted by atomic mass is 19.1. The van der Waals surface area contributed by atoms with Crippen LogP contribution in [0.5, 0.6) is 0 Å². The van der Waals surface area contributed by atoms with Crippen molar-refractivity contribution in [3.8, 4) is 0 Å². The molecule has 9 heteroatoms. The van der Waals surface area contributed by atoms with E-state index in [4.69, 9.17) is 0 Å². The normalized spacial score (nSPS) is 21.3. The van der Waals surface area contributed by atoms with Crippen molar-refractivity contribution in [1.82, 2.24) is 14.8 Å². The van der Waals surface area contributed by atoms with Gasteiger partial charge in [-0.15, -0.1) is 0 Å². The predicted octanol–water partition coefficient (Wildman–Crippen LogP) is 4.98. The number of aromatic nitrogens is 1. The first-order valence-corrected chi connectivity index (χ1v) is 13.2. The lowest BCUT2D eigenvalue weighted by molar-refractivity contribution is 0.132. The lowest BCUT2D eigenvalue weighted by atomic mass is 9.63. The Kier molecular flexibility index (Phi) is 6.28. The number of nitrogens with one attached hydrogen (secondary N) is 1. The van der Waals surface area contributed by atoms with E-state index in [0.717, 1.165) is 75.4 Å². The highest BCUT2D eigenvalue weighted by molar-refractivity contribution is 6.08. The van der Waals surface area contributed by atoms with Gasteiger partial charge in [0.2, 0.25) is 0 Å². The molecule has 4 heterocycles. The van der Waals surface area contributed by atoms with E-state index in [0.29, 0.717) is 17.2 Å². The number of benzene rings is 1. The third-order valence-corrected chi connectivity index (χ3v) is 8.32. The molecule has 1 N–H and O–H groups in total. The van der Waals surface area contributed by atoms with Crippen LogP contribution in [0.4, 0.5) is 26.0 Å². The summed E-state index contributed by atoms with van der Waals surface area (Å²) in [6, 6.07) is 7.23. The van der Waals surface area contributed by atoms with E-state index in [1.807, 2.05) is 31.3 Å². The molecule has 2 aromatic rings. The molecule has 2 fully saturated rings. The van der Waals surface area contributed by atoms with Crippen molar-refractivity contribution in [3.63, 3.8) is 0 Å². The van der Waals surface area contributed by atoms with Gasteiger partial charge < -0.3 is 15.1 Å². The minimum absolute atomic E-state index is 0.0942. The van der Waals surface area contributed by atoms with E-state index in [1.165, 1.54) is 12.3 Å². The smallest absolute Gasteiger partial charge is 0.181 e. The van der Waals surface area contributed by atoms with Gasteiger partial charge in [0.1, 0.15) is 18.2 Å². The average Bonchev–Trinajstić information content (AvgIpc) is 3.19. The number of rotatable bonds is 5. The van der Waals surface area contributed by atoms with Gasteiger partial charge in [-0.3, -0.25) is 9.89 Å². The van der Waals surface area contributed by atoms with E-state index < -0.39 is 5.83 Å². The molecule has 1 aromatic heterocycles. The maximum absolute atomic E-state index is 15.1. The number of amidine groups is 1. The lowest BCUT2D eigenvalue weighted by Crippen LogP contribution is -2.45. The molecule has 7 nitrogen and oxygen atoms in total. The second kappa shape index (κ2) is 9.61. The zero-order valence-corrected chi connectivity index (χ0v) is 21.5. The first-order valence-electron chi connectivity index (χ1n) is 13.2. The first kappa shape index (κ1) is 24.2.